The highest BCUT2D eigenvalue weighted by Gasteiger charge is 2.37. The van der Waals surface area contributed by atoms with E-state index >= 15 is 0 Å². The quantitative estimate of drug-likeness (QED) is 0.442. The molecule has 0 bridgehead atoms. The summed E-state index contributed by atoms with van der Waals surface area (Å²) in [5, 5.41) is 11.8. The molecule has 0 aromatic heterocycles. The third-order valence-corrected chi connectivity index (χ3v) is 5.76. The number of hydrogen-bond donors (Lipinski definition) is 1. The predicted octanol–water partition coefficient (Wildman–Crippen LogP) is 5.43. The third kappa shape index (κ3) is 4.05. The van der Waals surface area contributed by atoms with E-state index in [0.717, 1.165) is 11.0 Å². The van der Waals surface area contributed by atoms with E-state index in [9.17, 15) is 4.79 Å². The molecule has 2 rings (SSSR count). The number of aryl methyl sites for hydroxylation is 1. The number of aliphatic carboxylic acids is 1. The van der Waals surface area contributed by atoms with Gasteiger partial charge in [-0.1, -0.05) is 39.7 Å². The van der Waals surface area contributed by atoms with Gasteiger partial charge >= 0.3 is 5.97 Å². The summed E-state index contributed by atoms with van der Waals surface area (Å²) in [4.78, 5) is 11.8. The zero-order valence-corrected chi connectivity index (χ0v) is 16.2. The molecule has 0 amide bonds. The van der Waals surface area contributed by atoms with Gasteiger partial charge < -0.3 is 5.11 Å². The van der Waals surface area contributed by atoms with Crippen LogP contribution >= 0.6 is 11.8 Å². The van der Waals surface area contributed by atoms with E-state index in [2.05, 4.69) is 57.9 Å². The van der Waals surface area contributed by atoms with Crippen LogP contribution in [-0.4, -0.2) is 11.1 Å². The average Bonchev–Trinajstić information content (AvgIpc) is 2.44. The Balaban J connectivity index is 2.38. The Kier molecular flexibility index (Phi) is 5.20. The minimum Gasteiger partial charge on any atom is -0.478 e. The molecule has 1 aromatic carbocycles. The van der Waals surface area contributed by atoms with Crippen LogP contribution in [0.4, 0.5) is 0 Å². The van der Waals surface area contributed by atoms with Crippen LogP contribution in [0.15, 0.2) is 28.7 Å². The van der Waals surface area contributed by atoms with Gasteiger partial charge in [-0.25, -0.2) is 4.79 Å². The van der Waals surface area contributed by atoms with Crippen molar-refractivity contribution in [1.82, 2.24) is 0 Å². The van der Waals surface area contributed by atoms with Crippen LogP contribution in [0.25, 0.3) is 0 Å². The van der Waals surface area contributed by atoms with E-state index in [1.54, 1.807) is 6.92 Å². The Morgan fingerprint density at radius 3 is 2.25 bits per heavy atom. The van der Waals surface area contributed by atoms with Crippen molar-refractivity contribution < 1.29 is 9.90 Å². The largest absolute Gasteiger partial charge is 0.478 e. The molecule has 1 aromatic rings. The lowest BCUT2D eigenvalue weighted by atomic mass is 9.63. The first-order chi connectivity index (χ1) is 11.0. The molecule has 1 N–H and O–H groups in total. The maximum Gasteiger partial charge on any atom is 0.329 e. The average molecular weight is 343 g/mol. The first-order valence-corrected chi connectivity index (χ1v) is 9.09. The zero-order valence-electron chi connectivity index (χ0n) is 15.4. The molecule has 0 saturated carbocycles. The molecule has 0 unspecified atom stereocenters. The van der Waals surface area contributed by atoms with E-state index in [4.69, 9.17) is 5.11 Å². The Morgan fingerprint density at radius 1 is 1.17 bits per heavy atom. The second-order valence-corrected chi connectivity index (χ2v) is 8.77. The van der Waals surface area contributed by atoms with Gasteiger partial charge in [-0.2, -0.15) is 0 Å². The molecule has 1 aliphatic carbocycles. The van der Waals surface area contributed by atoms with Gasteiger partial charge in [0.05, 0.1) is 0 Å². The second-order valence-electron chi connectivity index (χ2n) is 7.93. The molecule has 0 radical (unpaired) electrons. The van der Waals surface area contributed by atoms with Crippen molar-refractivity contribution in [2.45, 2.75) is 70.1 Å². The Morgan fingerprint density at radius 2 is 1.71 bits per heavy atom. The summed E-state index contributed by atoms with van der Waals surface area (Å²) in [6, 6.07) is 4.61. The summed E-state index contributed by atoms with van der Waals surface area (Å²) in [5.74, 6) is 1.94. The molecule has 24 heavy (non-hydrogen) atoms. The summed E-state index contributed by atoms with van der Waals surface area (Å²) in [6.45, 7) is 13.1. The fraction of sp³-hybridized carbons (Fsp3) is 0.476. The van der Waals surface area contributed by atoms with Gasteiger partial charge in [0, 0.05) is 16.5 Å². The molecule has 1 aliphatic rings. The van der Waals surface area contributed by atoms with E-state index in [1.807, 2.05) is 0 Å². The van der Waals surface area contributed by atoms with Crippen molar-refractivity contribution >= 4 is 17.7 Å². The molecule has 0 aliphatic heterocycles. The number of fused-ring (bicyclic) bond motifs is 1. The monoisotopic (exact) mass is 342 g/mol. The van der Waals surface area contributed by atoms with Gasteiger partial charge in [0.15, 0.2) is 0 Å². The summed E-state index contributed by atoms with van der Waals surface area (Å²) in [6.07, 6.45) is 3.53. The fourth-order valence-electron chi connectivity index (χ4n) is 3.19. The first kappa shape index (κ1) is 18.7. The van der Waals surface area contributed by atoms with E-state index in [-0.39, 0.29) is 10.8 Å². The van der Waals surface area contributed by atoms with Crippen molar-refractivity contribution in [3.63, 3.8) is 0 Å². The molecule has 128 valence electrons. The number of thioether (sulfide) groups is 1. The number of hydrogen-bond acceptors (Lipinski definition) is 2. The van der Waals surface area contributed by atoms with Crippen molar-refractivity contribution in [3.05, 3.63) is 40.5 Å². The van der Waals surface area contributed by atoms with Crippen LogP contribution < -0.4 is 0 Å². The third-order valence-electron chi connectivity index (χ3n) is 4.90. The lowest BCUT2D eigenvalue weighted by Crippen LogP contribution is -2.34. The standard InChI is InChI=1S/C21H26O2S/c1-14(11-19(22)23)7-10-24-18-13-17-16(12-15(18)2)20(3,4)8-9-21(17,5)6/h11-13H,8-9H2,1-6H3,(H,22,23)/b14-11+. The number of carbonyl (C=O) groups is 1. The summed E-state index contributed by atoms with van der Waals surface area (Å²) < 4.78 is 0. The molecule has 0 atom stereocenters. The van der Waals surface area contributed by atoms with Crippen LogP contribution in [0, 0.1) is 18.1 Å². The molecule has 0 heterocycles. The number of rotatable bonds is 2. The summed E-state index contributed by atoms with van der Waals surface area (Å²) in [7, 11) is 0. The maximum absolute atomic E-state index is 10.6. The van der Waals surface area contributed by atoms with Gasteiger partial charge in [-0.15, -0.1) is 0 Å². The summed E-state index contributed by atoms with van der Waals surface area (Å²) >= 11 is 1.48. The fourth-order valence-corrected chi connectivity index (χ4v) is 3.91. The SMILES string of the molecule is C/C(C#CSc1cc2c(cc1C)C(C)(C)CCC2(C)C)=C\C(=O)O. The molecule has 2 nitrogen and oxygen atoms in total. The topological polar surface area (TPSA) is 37.3 Å². The normalized spacial score (nSPS) is 18.3. The Hall–Kier alpha value is -1.66. The highest BCUT2D eigenvalue weighted by atomic mass is 32.2. The number of benzene rings is 1. The van der Waals surface area contributed by atoms with E-state index < -0.39 is 5.97 Å². The molecule has 0 spiro atoms. The zero-order chi connectivity index (χ0) is 18.1. The van der Waals surface area contributed by atoms with Gasteiger partial charge in [0.1, 0.15) is 0 Å². The number of carboxylic acid groups (broad SMARTS) is 1. The van der Waals surface area contributed by atoms with Crippen molar-refractivity contribution in [2.24, 2.45) is 0 Å². The highest BCUT2D eigenvalue weighted by Crippen LogP contribution is 2.47. The highest BCUT2D eigenvalue weighted by molar-refractivity contribution is 8.04. The summed E-state index contributed by atoms with van der Waals surface area (Å²) in [5.41, 5.74) is 5.07. The smallest absolute Gasteiger partial charge is 0.329 e. The van der Waals surface area contributed by atoms with Gasteiger partial charge in [-0.3, -0.25) is 0 Å². The van der Waals surface area contributed by atoms with Crippen LogP contribution in [0.5, 0.6) is 0 Å². The minimum atomic E-state index is -0.958. The van der Waals surface area contributed by atoms with Gasteiger partial charge in [0.2, 0.25) is 0 Å². The lowest BCUT2D eigenvalue weighted by molar-refractivity contribution is -0.131. The number of allylic oxidation sites excluding steroid dienone is 1. The van der Waals surface area contributed by atoms with Crippen molar-refractivity contribution in [3.8, 4) is 11.2 Å². The first-order valence-electron chi connectivity index (χ1n) is 8.28. The molecule has 0 fully saturated rings. The van der Waals surface area contributed by atoms with E-state index in [0.29, 0.717) is 5.57 Å². The van der Waals surface area contributed by atoms with Crippen molar-refractivity contribution in [1.29, 1.82) is 0 Å². The van der Waals surface area contributed by atoms with Crippen molar-refractivity contribution in [2.75, 3.05) is 0 Å². The van der Waals surface area contributed by atoms with Crippen LogP contribution in [0.1, 0.15) is 64.2 Å². The second kappa shape index (κ2) is 6.69. The van der Waals surface area contributed by atoms with Gasteiger partial charge in [-0.05, 0) is 77.3 Å². The van der Waals surface area contributed by atoms with Crippen LogP contribution in [-0.2, 0) is 15.6 Å². The van der Waals surface area contributed by atoms with Gasteiger partial charge in [0.25, 0.3) is 0 Å². The predicted molar refractivity (Wildman–Crippen MR) is 101 cm³/mol. The van der Waals surface area contributed by atoms with Crippen LogP contribution in [0.2, 0.25) is 0 Å². The molecular weight excluding hydrogens is 316 g/mol. The molecule has 0 saturated heterocycles. The minimum absolute atomic E-state index is 0.181. The Labute approximate surface area is 149 Å². The maximum atomic E-state index is 10.6. The number of carboxylic acids is 1. The molecular formula is C21H26O2S. The van der Waals surface area contributed by atoms with E-state index in [1.165, 1.54) is 41.3 Å². The lowest BCUT2D eigenvalue weighted by Gasteiger charge is -2.42. The molecule has 3 heteroatoms. The van der Waals surface area contributed by atoms with Crippen LogP contribution in [0.3, 0.4) is 0 Å². The Bertz CT molecular complexity index is 758.